The molecule has 2 rings (SSSR count). The van der Waals surface area contributed by atoms with Gasteiger partial charge in [0.05, 0.1) is 6.54 Å². The second kappa shape index (κ2) is 6.21. The molecule has 4 nitrogen and oxygen atoms in total. The van der Waals surface area contributed by atoms with Crippen molar-refractivity contribution in [2.75, 3.05) is 13.1 Å². The zero-order valence-electron chi connectivity index (χ0n) is 10.8. The fourth-order valence-corrected chi connectivity index (χ4v) is 2.60. The van der Waals surface area contributed by atoms with Crippen LogP contribution in [0.4, 0.5) is 0 Å². The van der Waals surface area contributed by atoms with Crippen molar-refractivity contribution in [2.24, 2.45) is 0 Å². The van der Waals surface area contributed by atoms with Gasteiger partial charge in [-0.1, -0.05) is 22.9 Å². The number of carbonyl (C=O) groups is 1. The maximum Gasteiger partial charge on any atom is 0.317 e. The second-order valence-corrected chi connectivity index (χ2v) is 5.52. The van der Waals surface area contributed by atoms with Crippen LogP contribution in [-0.2, 0) is 11.3 Å². The zero-order chi connectivity index (χ0) is 13.8. The standard InChI is InChI=1S/C14H17BrN2O2/c1-2-5-17(9-14(18)19)8-10-7-16-13-4-3-11(15)6-12(10)13/h3-4,6-7,16H,2,5,8-9H2,1H3,(H,18,19). The summed E-state index contributed by atoms with van der Waals surface area (Å²) in [7, 11) is 0. The summed E-state index contributed by atoms with van der Waals surface area (Å²) in [4.78, 5) is 16.0. The summed E-state index contributed by atoms with van der Waals surface area (Å²) < 4.78 is 1.03. The Bertz CT molecular complexity index is 580. The van der Waals surface area contributed by atoms with E-state index in [1.165, 1.54) is 0 Å². The number of rotatable bonds is 6. The van der Waals surface area contributed by atoms with E-state index in [4.69, 9.17) is 5.11 Å². The normalized spacial score (nSPS) is 11.3. The predicted molar refractivity (Wildman–Crippen MR) is 79.2 cm³/mol. The number of aliphatic carboxylic acids is 1. The molecular weight excluding hydrogens is 308 g/mol. The van der Waals surface area contributed by atoms with Crippen molar-refractivity contribution in [3.63, 3.8) is 0 Å². The molecular formula is C14H17BrN2O2. The van der Waals surface area contributed by atoms with Crippen molar-refractivity contribution >= 4 is 32.8 Å². The summed E-state index contributed by atoms with van der Waals surface area (Å²) >= 11 is 3.47. The smallest absolute Gasteiger partial charge is 0.317 e. The fraction of sp³-hybridized carbons (Fsp3) is 0.357. The monoisotopic (exact) mass is 324 g/mol. The van der Waals surface area contributed by atoms with Gasteiger partial charge in [-0.05, 0) is 36.7 Å². The number of H-pyrrole nitrogens is 1. The van der Waals surface area contributed by atoms with Gasteiger partial charge >= 0.3 is 5.97 Å². The number of fused-ring (bicyclic) bond motifs is 1. The van der Waals surface area contributed by atoms with Gasteiger partial charge in [0.15, 0.2) is 0 Å². The number of nitrogens with one attached hydrogen (secondary N) is 1. The Morgan fingerprint density at radius 3 is 2.95 bits per heavy atom. The number of hydrogen-bond donors (Lipinski definition) is 2. The van der Waals surface area contributed by atoms with Crippen LogP contribution in [-0.4, -0.2) is 34.0 Å². The summed E-state index contributed by atoms with van der Waals surface area (Å²) in [5.74, 6) is -0.783. The van der Waals surface area contributed by atoms with Gasteiger partial charge < -0.3 is 10.1 Å². The molecule has 0 bridgehead atoms. The van der Waals surface area contributed by atoms with Gasteiger partial charge in [-0.3, -0.25) is 9.69 Å². The number of benzene rings is 1. The van der Waals surface area contributed by atoms with Crippen molar-refractivity contribution in [1.82, 2.24) is 9.88 Å². The van der Waals surface area contributed by atoms with Gasteiger partial charge in [-0.2, -0.15) is 0 Å². The average Bonchev–Trinajstić information content (AvgIpc) is 2.71. The van der Waals surface area contributed by atoms with Crippen LogP contribution in [0.5, 0.6) is 0 Å². The molecule has 0 aliphatic carbocycles. The molecule has 0 saturated carbocycles. The zero-order valence-corrected chi connectivity index (χ0v) is 12.4. The van der Waals surface area contributed by atoms with Crippen molar-refractivity contribution in [1.29, 1.82) is 0 Å². The van der Waals surface area contributed by atoms with Gasteiger partial charge in [-0.25, -0.2) is 0 Å². The van der Waals surface area contributed by atoms with E-state index in [9.17, 15) is 4.79 Å². The number of aromatic nitrogens is 1. The Morgan fingerprint density at radius 2 is 2.26 bits per heavy atom. The van der Waals surface area contributed by atoms with Crippen molar-refractivity contribution in [2.45, 2.75) is 19.9 Å². The molecule has 0 aliphatic rings. The summed E-state index contributed by atoms with van der Waals surface area (Å²) in [6, 6.07) is 6.07. The van der Waals surface area contributed by atoms with Gasteiger partial charge in [0.2, 0.25) is 0 Å². The van der Waals surface area contributed by atoms with Crippen LogP contribution in [0.3, 0.4) is 0 Å². The first-order valence-electron chi connectivity index (χ1n) is 6.29. The molecule has 1 aromatic heterocycles. The van der Waals surface area contributed by atoms with Crippen LogP contribution in [0, 0.1) is 0 Å². The molecule has 0 fully saturated rings. The Kier molecular flexibility index (Phi) is 4.61. The highest BCUT2D eigenvalue weighted by Crippen LogP contribution is 2.23. The second-order valence-electron chi connectivity index (χ2n) is 4.61. The highest BCUT2D eigenvalue weighted by Gasteiger charge is 2.12. The predicted octanol–water partition coefficient (Wildman–Crippen LogP) is 3.23. The molecule has 5 heteroatoms. The highest BCUT2D eigenvalue weighted by molar-refractivity contribution is 9.10. The maximum absolute atomic E-state index is 10.9. The lowest BCUT2D eigenvalue weighted by molar-refractivity contribution is -0.138. The van der Waals surface area contributed by atoms with Crippen molar-refractivity contribution in [3.05, 3.63) is 34.4 Å². The van der Waals surface area contributed by atoms with E-state index >= 15 is 0 Å². The quantitative estimate of drug-likeness (QED) is 0.857. The first-order valence-corrected chi connectivity index (χ1v) is 7.09. The Labute approximate surface area is 120 Å². The van der Waals surface area contributed by atoms with Crippen LogP contribution in [0.15, 0.2) is 28.9 Å². The molecule has 0 radical (unpaired) electrons. The topological polar surface area (TPSA) is 56.3 Å². The summed E-state index contributed by atoms with van der Waals surface area (Å²) in [5, 5.41) is 10.1. The van der Waals surface area contributed by atoms with E-state index in [0.717, 1.165) is 33.9 Å². The lowest BCUT2D eigenvalue weighted by atomic mass is 10.1. The molecule has 1 aromatic carbocycles. The molecule has 0 atom stereocenters. The van der Waals surface area contributed by atoms with E-state index in [-0.39, 0.29) is 6.54 Å². The summed E-state index contributed by atoms with van der Waals surface area (Å²) in [6.07, 6.45) is 2.90. The number of nitrogens with zero attached hydrogens (tertiary/aromatic N) is 1. The summed E-state index contributed by atoms with van der Waals surface area (Å²) in [5.41, 5.74) is 2.20. The van der Waals surface area contributed by atoms with Crippen molar-refractivity contribution < 1.29 is 9.90 Å². The number of carboxylic acids is 1. The molecule has 1 heterocycles. The lowest BCUT2D eigenvalue weighted by Crippen LogP contribution is -2.29. The van der Waals surface area contributed by atoms with Crippen LogP contribution in [0.25, 0.3) is 10.9 Å². The van der Waals surface area contributed by atoms with E-state index in [1.807, 2.05) is 23.2 Å². The maximum atomic E-state index is 10.9. The third-order valence-corrected chi connectivity index (χ3v) is 3.52. The van der Waals surface area contributed by atoms with E-state index in [1.54, 1.807) is 0 Å². The molecule has 0 unspecified atom stereocenters. The number of halogens is 1. The first kappa shape index (κ1) is 14.1. The number of carboxylic acid groups (broad SMARTS) is 1. The van der Waals surface area contributed by atoms with E-state index in [0.29, 0.717) is 6.54 Å². The lowest BCUT2D eigenvalue weighted by Gasteiger charge is -2.18. The molecule has 0 aliphatic heterocycles. The van der Waals surface area contributed by atoms with Crippen LogP contribution < -0.4 is 0 Å². The molecule has 0 saturated heterocycles. The molecule has 0 spiro atoms. The van der Waals surface area contributed by atoms with Crippen molar-refractivity contribution in [3.8, 4) is 0 Å². The SMILES string of the molecule is CCCN(CC(=O)O)Cc1c[nH]c2ccc(Br)cc12. The summed E-state index contributed by atoms with van der Waals surface area (Å²) in [6.45, 7) is 3.57. The van der Waals surface area contributed by atoms with E-state index < -0.39 is 5.97 Å². The number of hydrogen-bond acceptors (Lipinski definition) is 2. The average molecular weight is 325 g/mol. The fourth-order valence-electron chi connectivity index (χ4n) is 2.24. The number of aromatic amines is 1. The van der Waals surface area contributed by atoms with Gasteiger partial charge in [0.25, 0.3) is 0 Å². The molecule has 2 N–H and O–H groups in total. The molecule has 0 amide bonds. The Balaban J connectivity index is 2.23. The highest BCUT2D eigenvalue weighted by atomic mass is 79.9. The van der Waals surface area contributed by atoms with Gasteiger partial charge in [0, 0.05) is 28.1 Å². The third-order valence-electron chi connectivity index (χ3n) is 3.02. The first-order chi connectivity index (χ1) is 9.10. The molecule has 102 valence electrons. The van der Waals surface area contributed by atoms with Crippen LogP contribution in [0.1, 0.15) is 18.9 Å². The van der Waals surface area contributed by atoms with Crippen LogP contribution in [0.2, 0.25) is 0 Å². The van der Waals surface area contributed by atoms with Gasteiger partial charge in [0.1, 0.15) is 0 Å². The Hall–Kier alpha value is -1.33. The molecule has 2 aromatic rings. The minimum atomic E-state index is -0.783. The minimum absolute atomic E-state index is 0.0779. The molecule has 19 heavy (non-hydrogen) atoms. The minimum Gasteiger partial charge on any atom is -0.480 e. The van der Waals surface area contributed by atoms with Crippen LogP contribution >= 0.6 is 15.9 Å². The largest absolute Gasteiger partial charge is 0.480 e. The Morgan fingerprint density at radius 1 is 1.47 bits per heavy atom. The van der Waals surface area contributed by atoms with E-state index in [2.05, 4.69) is 33.9 Å². The van der Waals surface area contributed by atoms with Gasteiger partial charge in [-0.15, -0.1) is 0 Å². The third kappa shape index (κ3) is 3.58.